The van der Waals surface area contributed by atoms with Gasteiger partial charge in [0, 0.05) is 25.4 Å². The molecule has 6 heteroatoms. The lowest BCUT2D eigenvalue weighted by Crippen LogP contribution is -2.27. The third-order valence-electron chi connectivity index (χ3n) is 4.37. The molecule has 0 spiro atoms. The summed E-state index contributed by atoms with van der Waals surface area (Å²) in [4.78, 5) is 16.8. The molecule has 6 nitrogen and oxygen atoms in total. The second kappa shape index (κ2) is 6.02. The zero-order chi connectivity index (χ0) is 15.6. The number of rotatable bonds is 5. The average Bonchev–Trinajstić information content (AvgIpc) is 3.33. The topological polar surface area (TPSA) is 80.1 Å². The van der Waals surface area contributed by atoms with Crippen molar-refractivity contribution < 1.29 is 9.32 Å². The van der Waals surface area contributed by atoms with Gasteiger partial charge in [-0.2, -0.15) is 4.98 Å². The van der Waals surface area contributed by atoms with Crippen LogP contribution in [0.4, 0.5) is 5.69 Å². The molecule has 2 aromatic rings. The molecular formula is C17H20N4O2. The van der Waals surface area contributed by atoms with Crippen molar-refractivity contribution in [3.05, 3.63) is 41.0 Å². The number of anilines is 1. The Kier molecular flexibility index (Phi) is 3.73. The van der Waals surface area contributed by atoms with Crippen LogP contribution >= 0.6 is 0 Å². The summed E-state index contributed by atoms with van der Waals surface area (Å²) in [6, 6.07) is 5.89. The fraction of sp³-hybridized carbons (Fsp3) is 0.471. The maximum absolute atomic E-state index is 12.4. The maximum atomic E-state index is 12.4. The maximum Gasteiger partial charge on any atom is 0.253 e. The van der Waals surface area contributed by atoms with Gasteiger partial charge in [-0.1, -0.05) is 17.3 Å². The zero-order valence-corrected chi connectivity index (χ0v) is 13.0. The number of aryl methyl sites for hydroxylation is 1. The van der Waals surface area contributed by atoms with Crippen LogP contribution in [0.3, 0.4) is 0 Å². The molecule has 1 amide bonds. The van der Waals surface area contributed by atoms with E-state index in [1.165, 1.54) is 5.56 Å². The van der Waals surface area contributed by atoms with Crippen LogP contribution in [0, 0.1) is 0 Å². The van der Waals surface area contributed by atoms with Crippen LogP contribution in [0.25, 0.3) is 0 Å². The van der Waals surface area contributed by atoms with Crippen LogP contribution in [-0.4, -0.2) is 29.1 Å². The van der Waals surface area contributed by atoms with Crippen molar-refractivity contribution >= 4 is 11.6 Å². The molecule has 1 fully saturated rings. The van der Waals surface area contributed by atoms with Crippen LogP contribution in [0.2, 0.25) is 0 Å². The van der Waals surface area contributed by atoms with E-state index in [1.54, 1.807) is 0 Å². The van der Waals surface area contributed by atoms with E-state index in [0.29, 0.717) is 30.3 Å². The number of aromatic nitrogens is 2. The smallest absolute Gasteiger partial charge is 0.253 e. The van der Waals surface area contributed by atoms with Crippen LogP contribution < -0.4 is 10.6 Å². The Morgan fingerprint density at radius 1 is 1.39 bits per heavy atom. The van der Waals surface area contributed by atoms with Crippen molar-refractivity contribution in [2.24, 2.45) is 0 Å². The van der Waals surface area contributed by atoms with Crippen molar-refractivity contribution in [2.45, 2.75) is 38.0 Å². The molecule has 0 unspecified atom stereocenters. The Bertz CT molecular complexity index is 721. The third-order valence-corrected chi connectivity index (χ3v) is 4.37. The fourth-order valence-corrected chi connectivity index (χ4v) is 2.95. The van der Waals surface area contributed by atoms with Gasteiger partial charge in [-0.25, -0.2) is 0 Å². The summed E-state index contributed by atoms with van der Waals surface area (Å²) >= 11 is 0. The van der Waals surface area contributed by atoms with Crippen molar-refractivity contribution in [3.63, 3.8) is 0 Å². The van der Waals surface area contributed by atoms with Crippen molar-refractivity contribution in [1.82, 2.24) is 15.5 Å². The molecule has 120 valence electrons. The SMILES string of the molecule is O=C(NCCc1nc(C2CC2)no1)c1cccc2c1NCCC2. The van der Waals surface area contributed by atoms with Crippen LogP contribution in [0.15, 0.2) is 22.7 Å². The third kappa shape index (κ3) is 3.06. The zero-order valence-electron chi connectivity index (χ0n) is 13.0. The molecule has 4 rings (SSSR count). The Morgan fingerprint density at radius 2 is 2.30 bits per heavy atom. The summed E-state index contributed by atoms with van der Waals surface area (Å²) in [5.74, 6) is 1.84. The standard InChI is InChI=1S/C17H20N4O2/c22-17(13-5-1-3-11-4-2-9-18-15(11)13)19-10-8-14-20-16(21-23-14)12-6-7-12/h1,3,5,12,18H,2,4,6-10H2,(H,19,22). The van der Waals surface area contributed by atoms with Crippen LogP contribution in [0.1, 0.15) is 52.8 Å². The molecule has 2 N–H and O–H groups in total. The van der Waals surface area contributed by atoms with Gasteiger partial charge in [-0.15, -0.1) is 0 Å². The number of nitrogens with one attached hydrogen (secondary N) is 2. The molecular weight excluding hydrogens is 292 g/mol. The summed E-state index contributed by atoms with van der Waals surface area (Å²) in [6.45, 7) is 1.41. The van der Waals surface area contributed by atoms with Crippen LogP contribution in [-0.2, 0) is 12.8 Å². The number of carbonyl (C=O) groups is 1. The van der Waals surface area contributed by atoms with E-state index >= 15 is 0 Å². The molecule has 1 aliphatic heterocycles. The molecule has 0 bridgehead atoms. The van der Waals surface area contributed by atoms with E-state index in [1.807, 2.05) is 12.1 Å². The second-order valence-corrected chi connectivity index (χ2v) is 6.20. The molecule has 23 heavy (non-hydrogen) atoms. The number of fused-ring (bicyclic) bond motifs is 1. The van der Waals surface area contributed by atoms with Crippen LogP contribution in [0.5, 0.6) is 0 Å². The number of para-hydroxylation sites is 1. The summed E-state index contributed by atoms with van der Waals surface area (Å²) in [5.41, 5.74) is 2.91. The molecule has 1 aliphatic carbocycles. The van der Waals surface area contributed by atoms with E-state index in [4.69, 9.17) is 4.52 Å². The van der Waals surface area contributed by atoms with Gasteiger partial charge in [0.2, 0.25) is 5.89 Å². The lowest BCUT2D eigenvalue weighted by Gasteiger charge is -2.20. The first-order valence-electron chi connectivity index (χ1n) is 8.28. The van der Waals surface area contributed by atoms with Gasteiger partial charge < -0.3 is 15.2 Å². The normalized spacial score (nSPS) is 16.5. The predicted molar refractivity (Wildman–Crippen MR) is 85.6 cm³/mol. The first kappa shape index (κ1) is 14.2. The molecule has 2 aliphatic rings. The number of amides is 1. The quantitative estimate of drug-likeness (QED) is 0.885. The van der Waals surface area contributed by atoms with E-state index in [-0.39, 0.29) is 5.91 Å². The Morgan fingerprint density at radius 3 is 3.17 bits per heavy atom. The largest absolute Gasteiger partial charge is 0.384 e. The number of hydrogen-bond donors (Lipinski definition) is 2. The van der Waals surface area contributed by atoms with Gasteiger partial charge in [0.15, 0.2) is 5.82 Å². The van der Waals surface area contributed by atoms with Gasteiger partial charge in [0.05, 0.1) is 11.3 Å². The highest BCUT2D eigenvalue weighted by atomic mass is 16.5. The van der Waals surface area contributed by atoms with E-state index < -0.39 is 0 Å². The molecule has 0 saturated heterocycles. The molecule has 1 aromatic heterocycles. The second-order valence-electron chi connectivity index (χ2n) is 6.20. The van der Waals surface area contributed by atoms with Gasteiger partial charge >= 0.3 is 0 Å². The minimum atomic E-state index is -0.0572. The minimum absolute atomic E-state index is 0.0572. The predicted octanol–water partition coefficient (Wildman–Crippen LogP) is 2.28. The highest BCUT2D eigenvalue weighted by molar-refractivity contribution is 6.00. The van der Waals surface area contributed by atoms with E-state index in [2.05, 4.69) is 26.8 Å². The number of benzene rings is 1. The van der Waals surface area contributed by atoms with Gasteiger partial charge in [-0.05, 0) is 37.3 Å². The van der Waals surface area contributed by atoms with Gasteiger partial charge in [-0.3, -0.25) is 4.79 Å². The molecule has 1 aromatic carbocycles. The minimum Gasteiger partial charge on any atom is -0.384 e. The summed E-state index contributed by atoms with van der Waals surface area (Å²) in [5, 5.41) is 10.3. The lowest BCUT2D eigenvalue weighted by atomic mass is 9.99. The van der Waals surface area contributed by atoms with Crippen molar-refractivity contribution in [1.29, 1.82) is 0 Å². The van der Waals surface area contributed by atoms with Crippen molar-refractivity contribution in [2.75, 3.05) is 18.4 Å². The van der Waals surface area contributed by atoms with E-state index in [9.17, 15) is 4.79 Å². The molecule has 0 atom stereocenters. The summed E-state index contributed by atoms with van der Waals surface area (Å²) in [7, 11) is 0. The Labute approximate surface area is 134 Å². The molecule has 2 heterocycles. The number of carbonyl (C=O) groups excluding carboxylic acids is 1. The van der Waals surface area contributed by atoms with Gasteiger partial charge in [0.25, 0.3) is 5.91 Å². The van der Waals surface area contributed by atoms with Crippen molar-refractivity contribution in [3.8, 4) is 0 Å². The number of nitrogens with zero attached hydrogens (tertiary/aromatic N) is 2. The van der Waals surface area contributed by atoms with E-state index in [0.717, 1.165) is 43.7 Å². The highest BCUT2D eigenvalue weighted by Gasteiger charge is 2.28. The molecule has 0 radical (unpaired) electrons. The fourth-order valence-electron chi connectivity index (χ4n) is 2.95. The summed E-state index contributed by atoms with van der Waals surface area (Å²) < 4.78 is 5.22. The first-order chi connectivity index (χ1) is 11.3. The summed E-state index contributed by atoms with van der Waals surface area (Å²) in [6.07, 6.45) is 5.01. The Balaban J connectivity index is 1.36. The average molecular weight is 312 g/mol. The highest BCUT2D eigenvalue weighted by Crippen LogP contribution is 2.38. The molecule has 1 saturated carbocycles. The first-order valence-corrected chi connectivity index (χ1v) is 8.28. The van der Waals surface area contributed by atoms with Gasteiger partial charge in [0.1, 0.15) is 0 Å². The Hall–Kier alpha value is -2.37. The monoisotopic (exact) mass is 312 g/mol. The lowest BCUT2D eigenvalue weighted by molar-refractivity contribution is 0.0954. The number of hydrogen-bond acceptors (Lipinski definition) is 5.